The molecule has 108 valence electrons. The van der Waals surface area contributed by atoms with Crippen LogP contribution in [0.2, 0.25) is 0 Å². The van der Waals surface area contributed by atoms with Crippen molar-refractivity contribution in [1.29, 1.82) is 0 Å². The van der Waals surface area contributed by atoms with E-state index in [1.54, 1.807) is 6.07 Å². The highest BCUT2D eigenvalue weighted by atomic mass is 32.2. The van der Waals surface area contributed by atoms with Gasteiger partial charge in [-0.05, 0) is 32.4 Å². The van der Waals surface area contributed by atoms with Gasteiger partial charge < -0.3 is 5.32 Å². The average Bonchev–Trinajstić information content (AvgIpc) is 2.65. The molecule has 1 saturated carbocycles. The number of thiophene rings is 1. The van der Waals surface area contributed by atoms with Crippen LogP contribution in [0.1, 0.15) is 35.4 Å². The lowest BCUT2D eigenvalue weighted by atomic mass is 9.83. The van der Waals surface area contributed by atoms with E-state index in [0.717, 1.165) is 22.1 Å². The van der Waals surface area contributed by atoms with Crippen LogP contribution in [0.4, 0.5) is 0 Å². The van der Waals surface area contributed by atoms with E-state index in [-0.39, 0.29) is 0 Å². The second kappa shape index (κ2) is 6.35. The molecule has 1 aliphatic rings. The summed E-state index contributed by atoms with van der Waals surface area (Å²) in [6.07, 6.45) is 4.78. The lowest BCUT2D eigenvalue weighted by Crippen LogP contribution is -2.27. The number of rotatable bonds is 7. The fraction of sp³-hybridized carbons (Fsp3) is 0.692. The summed E-state index contributed by atoms with van der Waals surface area (Å²) in [6.45, 7) is 3.14. The molecule has 2 N–H and O–H groups in total. The first kappa shape index (κ1) is 15.0. The van der Waals surface area contributed by atoms with Gasteiger partial charge in [0.05, 0.1) is 4.90 Å². The lowest BCUT2D eigenvalue weighted by molar-refractivity contribution is 0.297. The van der Waals surface area contributed by atoms with Crippen molar-refractivity contribution in [2.75, 3.05) is 13.6 Å². The molecule has 6 heteroatoms. The molecule has 0 atom stereocenters. The zero-order valence-corrected chi connectivity index (χ0v) is 13.2. The molecule has 0 saturated heterocycles. The minimum Gasteiger partial charge on any atom is -0.315 e. The van der Waals surface area contributed by atoms with E-state index in [9.17, 15) is 8.42 Å². The van der Waals surface area contributed by atoms with Crippen LogP contribution in [0.3, 0.4) is 0 Å². The van der Waals surface area contributed by atoms with Gasteiger partial charge in [0, 0.05) is 22.8 Å². The van der Waals surface area contributed by atoms with E-state index in [2.05, 4.69) is 10.0 Å². The molecule has 1 aromatic rings. The van der Waals surface area contributed by atoms with Crippen LogP contribution in [0.5, 0.6) is 0 Å². The number of sulfonamides is 1. The Balaban J connectivity index is 1.97. The third-order valence-electron chi connectivity index (χ3n) is 3.63. The van der Waals surface area contributed by atoms with Gasteiger partial charge in [0.2, 0.25) is 10.0 Å². The maximum atomic E-state index is 12.2. The topological polar surface area (TPSA) is 58.2 Å². The van der Waals surface area contributed by atoms with Crippen LogP contribution in [0.15, 0.2) is 11.0 Å². The van der Waals surface area contributed by atoms with E-state index in [4.69, 9.17) is 0 Å². The van der Waals surface area contributed by atoms with Crippen molar-refractivity contribution in [1.82, 2.24) is 10.0 Å². The van der Waals surface area contributed by atoms with Crippen LogP contribution in [-0.2, 0) is 16.6 Å². The Morgan fingerprint density at radius 3 is 2.74 bits per heavy atom. The maximum absolute atomic E-state index is 12.2. The molecule has 0 unspecified atom stereocenters. The molecule has 0 aliphatic heterocycles. The largest absolute Gasteiger partial charge is 0.315 e. The molecular weight excluding hydrogens is 280 g/mol. The van der Waals surface area contributed by atoms with E-state index in [0.29, 0.717) is 18.0 Å². The molecule has 4 nitrogen and oxygen atoms in total. The molecule has 0 spiro atoms. The van der Waals surface area contributed by atoms with Crippen molar-refractivity contribution in [3.63, 3.8) is 0 Å². The second-order valence-electron chi connectivity index (χ2n) is 5.15. The summed E-state index contributed by atoms with van der Waals surface area (Å²) in [4.78, 5) is 2.36. The third kappa shape index (κ3) is 3.78. The molecule has 1 heterocycles. The van der Waals surface area contributed by atoms with Crippen molar-refractivity contribution < 1.29 is 8.42 Å². The molecule has 0 amide bonds. The van der Waals surface area contributed by atoms with Crippen molar-refractivity contribution >= 4 is 21.4 Å². The Morgan fingerprint density at radius 2 is 2.16 bits per heavy atom. The Hall–Kier alpha value is -0.430. The molecule has 2 rings (SSSR count). The Morgan fingerprint density at radius 1 is 1.42 bits per heavy atom. The van der Waals surface area contributed by atoms with Crippen LogP contribution in [0, 0.1) is 12.8 Å². The first-order valence-corrected chi connectivity index (χ1v) is 9.06. The molecule has 1 fully saturated rings. The van der Waals surface area contributed by atoms with Gasteiger partial charge in [-0.25, -0.2) is 13.1 Å². The first-order valence-electron chi connectivity index (χ1n) is 6.76. The minimum absolute atomic E-state index is 0.441. The fourth-order valence-corrected chi connectivity index (χ4v) is 5.00. The number of nitrogens with one attached hydrogen (secondary N) is 2. The molecule has 0 bridgehead atoms. The number of aryl methyl sites for hydroxylation is 1. The van der Waals surface area contributed by atoms with Crippen molar-refractivity contribution in [3.05, 3.63) is 15.8 Å². The van der Waals surface area contributed by atoms with Crippen molar-refractivity contribution in [3.8, 4) is 0 Å². The van der Waals surface area contributed by atoms with Gasteiger partial charge in [-0.3, -0.25) is 0 Å². The van der Waals surface area contributed by atoms with Gasteiger partial charge in [0.25, 0.3) is 0 Å². The summed E-state index contributed by atoms with van der Waals surface area (Å²) in [5, 5.41) is 3.04. The lowest BCUT2D eigenvalue weighted by Gasteiger charge is -2.25. The Bertz CT molecular complexity index is 519. The zero-order valence-electron chi connectivity index (χ0n) is 11.5. The predicted octanol–water partition coefficient (Wildman–Crippen LogP) is 2.24. The van der Waals surface area contributed by atoms with E-state index in [1.165, 1.54) is 30.6 Å². The second-order valence-corrected chi connectivity index (χ2v) is 8.22. The number of hydrogen-bond donors (Lipinski definition) is 2. The molecule has 0 radical (unpaired) electrons. The van der Waals surface area contributed by atoms with E-state index < -0.39 is 10.0 Å². The van der Waals surface area contributed by atoms with Gasteiger partial charge in [0.1, 0.15) is 0 Å². The van der Waals surface area contributed by atoms with E-state index in [1.807, 2.05) is 14.0 Å². The highest BCUT2D eigenvalue weighted by Crippen LogP contribution is 2.29. The van der Waals surface area contributed by atoms with Gasteiger partial charge >= 0.3 is 0 Å². The Labute approximate surface area is 119 Å². The van der Waals surface area contributed by atoms with Crippen LogP contribution >= 0.6 is 11.3 Å². The molecule has 1 aliphatic carbocycles. The molecule has 19 heavy (non-hydrogen) atoms. The normalized spacial score (nSPS) is 16.5. The number of hydrogen-bond acceptors (Lipinski definition) is 4. The van der Waals surface area contributed by atoms with Crippen LogP contribution < -0.4 is 10.0 Å². The predicted molar refractivity (Wildman–Crippen MR) is 79.0 cm³/mol. The van der Waals surface area contributed by atoms with Gasteiger partial charge in [-0.1, -0.05) is 19.3 Å². The maximum Gasteiger partial charge on any atom is 0.241 e. The van der Waals surface area contributed by atoms with Gasteiger partial charge in [-0.2, -0.15) is 0 Å². The summed E-state index contributed by atoms with van der Waals surface area (Å²) < 4.78 is 27.2. The third-order valence-corrected chi connectivity index (χ3v) is 6.40. The highest BCUT2D eigenvalue weighted by Gasteiger charge is 2.21. The highest BCUT2D eigenvalue weighted by molar-refractivity contribution is 7.89. The standard InChI is InChI=1S/C13H22N2O2S2/c1-10-13(8-12(18-10)9-14-2)19(16,17)15-7-6-11-4-3-5-11/h8,11,14-15H,3-7,9H2,1-2H3. The van der Waals surface area contributed by atoms with Crippen LogP contribution in [0.25, 0.3) is 0 Å². The smallest absolute Gasteiger partial charge is 0.241 e. The molecule has 0 aromatic carbocycles. The summed E-state index contributed by atoms with van der Waals surface area (Å²) >= 11 is 1.54. The van der Waals surface area contributed by atoms with Crippen molar-refractivity contribution in [2.24, 2.45) is 5.92 Å². The van der Waals surface area contributed by atoms with Crippen LogP contribution in [-0.4, -0.2) is 22.0 Å². The summed E-state index contributed by atoms with van der Waals surface area (Å²) in [7, 11) is -1.47. The summed E-state index contributed by atoms with van der Waals surface area (Å²) in [5.41, 5.74) is 0. The monoisotopic (exact) mass is 302 g/mol. The fourth-order valence-electron chi connectivity index (χ4n) is 2.31. The molecule has 1 aromatic heterocycles. The SMILES string of the molecule is CNCc1cc(S(=O)(=O)NCCC2CCC2)c(C)s1. The van der Waals surface area contributed by atoms with E-state index >= 15 is 0 Å². The average molecular weight is 302 g/mol. The minimum atomic E-state index is -3.34. The Kier molecular flexibility index (Phi) is 5.00. The van der Waals surface area contributed by atoms with Crippen molar-refractivity contribution in [2.45, 2.75) is 44.0 Å². The molecular formula is C13H22N2O2S2. The van der Waals surface area contributed by atoms with Gasteiger partial charge in [-0.15, -0.1) is 11.3 Å². The quantitative estimate of drug-likeness (QED) is 0.812. The summed E-state index contributed by atoms with van der Waals surface area (Å²) in [6, 6.07) is 1.78. The van der Waals surface area contributed by atoms with Gasteiger partial charge in [0.15, 0.2) is 0 Å². The summed E-state index contributed by atoms with van der Waals surface area (Å²) in [5.74, 6) is 0.728. The zero-order chi connectivity index (χ0) is 13.9. The first-order chi connectivity index (χ1) is 9.03.